The Bertz CT molecular complexity index is 269. The van der Waals surface area contributed by atoms with Crippen molar-refractivity contribution in [3.63, 3.8) is 0 Å². The van der Waals surface area contributed by atoms with Gasteiger partial charge in [-0.25, -0.2) is 0 Å². The molecule has 0 aliphatic carbocycles. The lowest BCUT2D eigenvalue weighted by atomic mass is 9.89. The van der Waals surface area contributed by atoms with Crippen LogP contribution in [0.1, 0.15) is 60.8 Å². The van der Waals surface area contributed by atoms with Gasteiger partial charge in [0, 0.05) is 11.8 Å². The lowest BCUT2D eigenvalue weighted by molar-refractivity contribution is -0.130. The molecule has 0 aromatic carbocycles. The van der Waals surface area contributed by atoms with Gasteiger partial charge in [0.2, 0.25) is 5.91 Å². The van der Waals surface area contributed by atoms with Crippen LogP contribution in [0.3, 0.4) is 0 Å². The topological polar surface area (TPSA) is 46.2 Å². The van der Waals surface area contributed by atoms with Gasteiger partial charge in [0.25, 0.3) is 0 Å². The summed E-state index contributed by atoms with van der Waals surface area (Å²) in [6.07, 6.45) is 2.49. The SMILES string of the molecule is CC(C)(C)CCCC(=O)CNC(=O)C(C)(C)C. The second-order valence-electron chi connectivity index (χ2n) is 6.89. The molecule has 0 heterocycles. The normalized spacial score (nSPS) is 12.4. The van der Waals surface area contributed by atoms with Crippen LogP contribution in [0.25, 0.3) is 0 Å². The second-order valence-corrected chi connectivity index (χ2v) is 6.89. The summed E-state index contributed by atoms with van der Waals surface area (Å²) in [6, 6.07) is 0. The summed E-state index contributed by atoms with van der Waals surface area (Å²) in [5.74, 6) is 0.0496. The number of ketones is 1. The quantitative estimate of drug-likeness (QED) is 0.804. The van der Waals surface area contributed by atoms with E-state index in [1.165, 1.54) is 0 Å². The molecule has 0 atom stereocenters. The Hall–Kier alpha value is -0.860. The Morgan fingerprint density at radius 3 is 1.94 bits per heavy atom. The van der Waals surface area contributed by atoms with E-state index in [2.05, 4.69) is 26.1 Å². The first kappa shape index (κ1) is 16.1. The molecule has 0 aromatic heterocycles. The molecule has 0 bridgehead atoms. The first-order valence-corrected chi connectivity index (χ1v) is 6.32. The molecular formula is C14H27NO2. The molecule has 3 nitrogen and oxygen atoms in total. The van der Waals surface area contributed by atoms with Crippen molar-refractivity contribution < 1.29 is 9.59 Å². The molecule has 3 heteroatoms. The van der Waals surface area contributed by atoms with Gasteiger partial charge in [0.15, 0.2) is 5.78 Å². The highest BCUT2D eigenvalue weighted by atomic mass is 16.2. The van der Waals surface area contributed by atoms with Crippen LogP contribution in [0.4, 0.5) is 0 Å². The van der Waals surface area contributed by atoms with Crippen LogP contribution in [-0.2, 0) is 9.59 Å². The zero-order valence-corrected chi connectivity index (χ0v) is 12.1. The van der Waals surface area contributed by atoms with Crippen LogP contribution in [0.15, 0.2) is 0 Å². The molecule has 0 saturated heterocycles. The highest BCUT2D eigenvalue weighted by Crippen LogP contribution is 2.21. The zero-order chi connectivity index (χ0) is 13.7. The van der Waals surface area contributed by atoms with Gasteiger partial charge in [-0.1, -0.05) is 41.5 Å². The van der Waals surface area contributed by atoms with Crippen molar-refractivity contribution in [3.05, 3.63) is 0 Å². The Balaban J connectivity index is 3.79. The zero-order valence-electron chi connectivity index (χ0n) is 12.1. The van der Waals surface area contributed by atoms with Gasteiger partial charge in [-0.3, -0.25) is 9.59 Å². The Kier molecular flexibility index (Phi) is 5.86. The molecule has 0 saturated carbocycles. The number of carbonyl (C=O) groups is 2. The summed E-state index contributed by atoms with van der Waals surface area (Å²) in [5.41, 5.74) is -0.152. The van der Waals surface area contributed by atoms with E-state index in [0.29, 0.717) is 6.42 Å². The smallest absolute Gasteiger partial charge is 0.225 e. The van der Waals surface area contributed by atoms with E-state index >= 15 is 0 Å². The van der Waals surface area contributed by atoms with Crippen molar-refractivity contribution in [1.29, 1.82) is 0 Å². The van der Waals surface area contributed by atoms with Crippen LogP contribution < -0.4 is 5.32 Å². The highest BCUT2D eigenvalue weighted by Gasteiger charge is 2.21. The van der Waals surface area contributed by atoms with Crippen molar-refractivity contribution in [2.24, 2.45) is 10.8 Å². The van der Waals surface area contributed by atoms with Crippen LogP contribution in [0.5, 0.6) is 0 Å². The molecule has 0 fully saturated rings. The van der Waals surface area contributed by atoms with E-state index in [1.807, 2.05) is 20.8 Å². The monoisotopic (exact) mass is 241 g/mol. The van der Waals surface area contributed by atoms with Gasteiger partial charge in [-0.15, -0.1) is 0 Å². The number of Topliss-reactive ketones (excluding diaryl/α,β-unsaturated/α-hetero) is 1. The maximum Gasteiger partial charge on any atom is 0.225 e. The van der Waals surface area contributed by atoms with Crippen molar-refractivity contribution >= 4 is 11.7 Å². The molecular weight excluding hydrogens is 214 g/mol. The van der Waals surface area contributed by atoms with Crippen LogP contribution in [-0.4, -0.2) is 18.2 Å². The highest BCUT2D eigenvalue weighted by molar-refractivity contribution is 5.88. The van der Waals surface area contributed by atoms with Gasteiger partial charge in [0.05, 0.1) is 6.54 Å². The van der Waals surface area contributed by atoms with E-state index in [0.717, 1.165) is 12.8 Å². The Morgan fingerprint density at radius 2 is 1.53 bits per heavy atom. The molecule has 0 spiro atoms. The minimum absolute atomic E-state index is 0.0679. The molecule has 100 valence electrons. The Morgan fingerprint density at radius 1 is 1.00 bits per heavy atom. The third kappa shape index (κ3) is 8.90. The van der Waals surface area contributed by atoms with Gasteiger partial charge in [-0.05, 0) is 18.3 Å². The maximum absolute atomic E-state index is 11.5. The molecule has 0 rings (SSSR count). The summed E-state index contributed by atoms with van der Waals surface area (Å²) in [5, 5.41) is 2.68. The van der Waals surface area contributed by atoms with Gasteiger partial charge < -0.3 is 5.32 Å². The number of nitrogens with one attached hydrogen (secondary N) is 1. The lowest BCUT2D eigenvalue weighted by Crippen LogP contribution is -2.37. The van der Waals surface area contributed by atoms with Gasteiger partial charge in [0.1, 0.15) is 0 Å². The molecule has 0 aliphatic heterocycles. The molecule has 17 heavy (non-hydrogen) atoms. The lowest BCUT2D eigenvalue weighted by Gasteiger charge is -2.18. The molecule has 0 aliphatic rings. The van der Waals surface area contributed by atoms with Gasteiger partial charge >= 0.3 is 0 Å². The van der Waals surface area contributed by atoms with E-state index in [9.17, 15) is 9.59 Å². The summed E-state index contributed by atoms with van der Waals surface area (Å²) in [4.78, 5) is 23.1. The third-order valence-electron chi connectivity index (χ3n) is 2.51. The van der Waals surface area contributed by atoms with Crippen molar-refractivity contribution in [3.8, 4) is 0 Å². The minimum atomic E-state index is -0.425. The first-order chi connectivity index (χ1) is 7.52. The summed E-state index contributed by atoms with van der Waals surface area (Å²) < 4.78 is 0. The fourth-order valence-corrected chi connectivity index (χ4v) is 1.35. The number of carbonyl (C=O) groups excluding carboxylic acids is 2. The van der Waals surface area contributed by atoms with E-state index in [4.69, 9.17) is 0 Å². The Labute approximate surface area is 105 Å². The minimum Gasteiger partial charge on any atom is -0.349 e. The average molecular weight is 241 g/mol. The molecule has 0 unspecified atom stereocenters. The molecule has 1 amide bonds. The number of rotatable bonds is 5. The van der Waals surface area contributed by atoms with Crippen LogP contribution in [0, 0.1) is 10.8 Å². The largest absolute Gasteiger partial charge is 0.349 e. The predicted octanol–water partition coefficient (Wildman–Crippen LogP) is 2.93. The van der Waals surface area contributed by atoms with Crippen molar-refractivity contribution in [2.45, 2.75) is 60.8 Å². The van der Waals surface area contributed by atoms with Crippen LogP contribution in [0.2, 0.25) is 0 Å². The second kappa shape index (κ2) is 6.18. The van der Waals surface area contributed by atoms with Crippen molar-refractivity contribution in [1.82, 2.24) is 5.32 Å². The summed E-state index contributed by atoms with van der Waals surface area (Å²) >= 11 is 0. The third-order valence-corrected chi connectivity index (χ3v) is 2.51. The van der Waals surface area contributed by atoms with E-state index in [-0.39, 0.29) is 23.7 Å². The van der Waals surface area contributed by atoms with Gasteiger partial charge in [-0.2, -0.15) is 0 Å². The molecule has 0 aromatic rings. The average Bonchev–Trinajstić information content (AvgIpc) is 2.10. The fourth-order valence-electron chi connectivity index (χ4n) is 1.35. The van der Waals surface area contributed by atoms with E-state index < -0.39 is 5.41 Å². The van der Waals surface area contributed by atoms with E-state index in [1.54, 1.807) is 0 Å². The van der Waals surface area contributed by atoms with Crippen molar-refractivity contribution in [2.75, 3.05) is 6.54 Å². The predicted molar refractivity (Wildman–Crippen MR) is 70.8 cm³/mol. The maximum atomic E-state index is 11.5. The molecule has 0 radical (unpaired) electrons. The number of hydrogen-bond acceptors (Lipinski definition) is 2. The number of amides is 1. The fraction of sp³-hybridized carbons (Fsp3) is 0.857. The first-order valence-electron chi connectivity index (χ1n) is 6.32. The summed E-state index contributed by atoms with van der Waals surface area (Å²) in [7, 11) is 0. The standard InChI is InChI=1S/C14H27NO2/c1-13(2,3)9-7-8-11(16)10-15-12(17)14(4,5)6/h7-10H2,1-6H3,(H,15,17). The summed E-state index contributed by atoms with van der Waals surface area (Å²) in [6.45, 7) is 12.2. The number of hydrogen-bond donors (Lipinski definition) is 1. The molecule has 1 N–H and O–H groups in total. The van der Waals surface area contributed by atoms with Crippen LogP contribution >= 0.6 is 0 Å².